The highest BCUT2D eigenvalue weighted by atomic mass is 16.2. The maximum Gasteiger partial charge on any atom is 0.281 e. The molecule has 2 aromatic rings. The van der Waals surface area contributed by atoms with Crippen molar-refractivity contribution in [3.63, 3.8) is 0 Å². The van der Waals surface area contributed by atoms with E-state index in [1.165, 1.54) is 10.9 Å². The van der Waals surface area contributed by atoms with E-state index >= 15 is 0 Å². The molecule has 1 aliphatic heterocycles. The molecule has 8 heteroatoms. The zero-order valence-electron chi connectivity index (χ0n) is 14.1. The van der Waals surface area contributed by atoms with Crippen LogP contribution in [-0.2, 0) is 4.79 Å². The molecule has 0 atom stereocenters. The first-order valence-electron chi connectivity index (χ1n) is 8.22. The lowest BCUT2D eigenvalue weighted by atomic mass is 10.2. The Morgan fingerprint density at radius 1 is 1.35 bits per heavy atom. The van der Waals surface area contributed by atoms with Crippen molar-refractivity contribution in [2.45, 2.75) is 25.7 Å². The molecule has 2 aliphatic rings. The first-order chi connectivity index (χ1) is 12.5. The first-order valence-corrected chi connectivity index (χ1v) is 8.22. The standard InChI is InChI=1S/C18H16N6O2/c1-10-11(2)20-18(22-16(10)25)24-15(8-14(23-24)12-5-6-12)21-17(26)13-4-3-7-19-9-13/h3-4,7-9,12H,1,5-6H2,2H3,(H,21,26). The van der Waals surface area contributed by atoms with E-state index < -0.39 is 5.91 Å². The molecular formula is C18H16N6O2. The minimum atomic E-state index is -0.458. The number of hydrogen-bond acceptors (Lipinski definition) is 5. The van der Waals surface area contributed by atoms with Gasteiger partial charge in [0.15, 0.2) is 0 Å². The third-order valence-electron chi connectivity index (χ3n) is 4.24. The van der Waals surface area contributed by atoms with Crippen LogP contribution in [0, 0.1) is 0 Å². The van der Waals surface area contributed by atoms with Gasteiger partial charge in [-0.1, -0.05) is 6.58 Å². The maximum atomic E-state index is 12.5. The Morgan fingerprint density at radius 2 is 2.15 bits per heavy atom. The minimum absolute atomic E-state index is 0.119. The summed E-state index contributed by atoms with van der Waals surface area (Å²) in [6, 6.07) is 5.15. The van der Waals surface area contributed by atoms with Crippen molar-refractivity contribution in [3.8, 4) is 0 Å². The predicted molar refractivity (Wildman–Crippen MR) is 96.5 cm³/mol. The number of aromatic nitrogens is 3. The number of rotatable bonds is 3. The summed E-state index contributed by atoms with van der Waals surface area (Å²) in [4.78, 5) is 36.7. The van der Waals surface area contributed by atoms with Gasteiger partial charge in [0, 0.05) is 24.4 Å². The van der Waals surface area contributed by atoms with Crippen LogP contribution in [0.25, 0.3) is 0 Å². The van der Waals surface area contributed by atoms with E-state index in [9.17, 15) is 9.59 Å². The summed E-state index contributed by atoms with van der Waals surface area (Å²) in [7, 11) is 0. The highest BCUT2D eigenvalue weighted by molar-refractivity contribution is 6.28. The molecule has 1 fully saturated rings. The van der Waals surface area contributed by atoms with Crippen LogP contribution in [0.2, 0.25) is 0 Å². The van der Waals surface area contributed by atoms with E-state index in [1.807, 2.05) is 0 Å². The second kappa shape index (κ2) is 6.14. The highest BCUT2D eigenvalue weighted by Crippen LogP contribution is 2.40. The number of nitrogens with zero attached hydrogens (tertiary/aromatic N) is 5. The summed E-state index contributed by atoms with van der Waals surface area (Å²) in [6.07, 6.45) is 5.18. The third kappa shape index (κ3) is 2.97. The number of hydrogen-bond donors (Lipinski definition) is 1. The van der Waals surface area contributed by atoms with Crippen LogP contribution in [-0.4, -0.2) is 38.3 Å². The van der Waals surface area contributed by atoms with Crippen molar-refractivity contribution in [2.75, 3.05) is 5.32 Å². The molecule has 1 aliphatic carbocycles. The van der Waals surface area contributed by atoms with Gasteiger partial charge >= 0.3 is 0 Å². The molecule has 0 aromatic carbocycles. The Bertz CT molecular complexity index is 982. The Labute approximate surface area is 149 Å². The van der Waals surface area contributed by atoms with Gasteiger partial charge in [-0.15, -0.1) is 0 Å². The van der Waals surface area contributed by atoms with Gasteiger partial charge in [-0.3, -0.25) is 14.6 Å². The van der Waals surface area contributed by atoms with Gasteiger partial charge in [-0.2, -0.15) is 14.8 Å². The molecule has 0 radical (unpaired) electrons. The van der Waals surface area contributed by atoms with Gasteiger partial charge in [0.2, 0.25) is 0 Å². The third-order valence-corrected chi connectivity index (χ3v) is 4.24. The Hall–Kier alpha value is -3.42. The van der Waals surface area contributed by atoms with Crippen LogP contribution in [0.3, 0.4) is 0 Å². The number of pyridine rings is 1. The fraction of sp³-hybridized carbons (Fsp3) is 0.222. The quantitative estimate of drug-likeness (QED) is 0.859. The normalized spacial score (nSPS) is 17.0. The van der Waals surface area contributed by atoms with Gasteiger partial charge in [0.25, 0.3) is 17.8 Å². The molecule has 26 heavy (non-hydrogen) atoms. The van der Waals surface area contributed by atoms with Crippen molar-refractivity contribution in [1.82, 2.24) is 14.8 Å². The van der Waals surface area contributed by atoms with Crippen LogP contribution in [0.1, 0.15) is 41.7 Å². The SMILES string of the molecule is C=C1C(=O)N=C(n2nc(C3CC3)cc2NC(=O)c2cccnc2)N=C1C. The van der Waals surface area contributed by atoms with Crippen LogP contribution >= 0.6 is 0 Å². The van der Waals surface area contributed by atoms with E-state index in [4.69, 9.17) is 0 Å². The molecule has 8 nitrogen and oxygen atoms in total. The summed E-state index contributed by atoms with van der Waals surface area (Å²) in [5.41, 5.74) is 2.00. The van der Waals surface area contributed by atoms with Crippen molar-refractivity contribution in [3.05, 3.63) is 54.0 Å². The molecule has 1 N–H and O–H groups in total. The second-order valence-corrected chi connectivity index (χ2v) is 6.23. The van der Waals surface area contributed by atoms with Gasteiger partial charge in [-0.05, 0) is 31.9 Å². The second-order valence-electron chi connectivity index (χ2n) is 6.23. The van der Waals surface area contributed by atoms with E-state index in [1.54, 1.807) is 31.3 Å². The Kier molecular flexibility index (Phi) is 3.80. The Morgan fingerprint density at radius 3 is 2.81 bits per heavy atom. The number of carbonyl (C=O) groups is 2. The van der Waals surface area contributed by atoms with E-state index in [2.05, 4.69) is 32.0 Å². The number of amides is 2. The van der Waals surface area contributed by atoms with E-state index in [0.717, 1.165) is 18.5 Å². The highest BCUT2D eigenvalue weighted by Gasteiger charge is 2.29. The van der Waals surface area contributed by atoms with Crippen molar-refractivity contribution in [2.24, 2.45) is 9.98 Å². The molecule has 1 saturated carbocycles. The predicted octanol–water partition coefficient (Wildman–Crippen LogP) is 2.17. The molecule has 0 unspecified atom stereocenters. The summed E-state index contributed by atoms with van der Waals surface area (Å²) in [6.45, 7) is 5.35. The van der Waals surface area contributed by atoms with Crippen LogP contribution in [0.4, 0.5) is 5.82 Å². The summed E-state index contributed by atoms with van der Waals surface area (Å²) in [5.74, 6) is 0.116. The lowest BCUT2D eigenvalue weighted by molar-refractivity contribution is -0.113. The molecule has 0 bridgehead atoms. The Balaban J connectivity index is 1.71. The molecule has 0 spiro atoms. The first kappa shape index (κ1) is 16.1. The van der Waals surface area contributed by atoms with Gasteiger partial charge < -0.3 is 5.32 Å². The topological polar surface area (TPSA) is 102 Å². The molecule has 4 rings (SSSR count). The minimum Gasteiger partial charge on any atom is -0.306 e. The molecule has 130 valence electrons. The molecule has 2 amide bonds. The summed E-state index contributed by atoms with van der Waals surface area (Å²) in [5, 5.41) is 7.31. The van der Waals surface area contributed by atoms with Crippen molar-refractivity contribution in [1.29, 1.82) is 0 Å². The van der Waals surface area contributed by atoms with Gasteiger partial charge in [-0.25, -0.2) is 4.99 Å². The zero-order chi connectivity index (χ0) is 18.3. The van der Waals surface area contributed by atoms with Crippen LogP contribution < -0.4 is 5.32 Å². The monoisotopic (exact) mass is 348 g/mol. The van der Waals surface area contributed by atoms with E-state index in [0.29, 0.717) is 23.0 Å². The fourth-order valence-corrected chi connectivity index (χ4v) is 2.56. The molecule has 3 heterocycles. The summed E-state index contributed by atoms with van der Waals surface area (Å²) < 4.78 is 1.40. The van der Waals surface area contributed by atoms with Crippen molar-refractivity contribution >= 4 is 29.3 Å². The average molecular weight is 348 g/mol. The maximum absolute atomic E-state index is 12.5. The van der Waals surface area contributed by atoms with E-state index in [-0.39, 0.29) is 17.4 Å². The van der Waals surface area contributed by atoms with Crippen LogP contribution in [0.15, 0.2) is 52.7 Å². The average Bonchev–Trinajstić information content (AvgIpc) is 3.41. The smallest absolute Gasteiger partial charge is 0.281 e. The number of aliphatic imine (C=N–C) groups is 2. The van der Waals surface area contributed by atoms with Gasteiger partial charge in [0.1, 0.15) is 5.82 Å². The largest absolute Gasteiger partial charge is 0.306 e. The number of nitrogens with one attached hydrogen (secondary N) is 1. The lowest BCUT2D eigenvalue weighted by Crippen LogP contribution is -2.25. The summed E-state index contributed by atoms with van der Waals surface area (Å²) >= 11 is 0. The molecule has 2 aromatic heterocycles. The number of anilines is 1. The number of carbonyl (C=O) groups excluding carboxylic acids is 2. The molecule has 0 saturated heterocycles. The van der Waals surface area contributed by atoms with Gasteiger partial charge in [0.05, 0.1) is 22.5 Å². The van der Waals surface area contributed by atoms with Crippen molar-refractivity contribution < 1.29 is 9.59 Å². The lowest BCUT2D eigenvalue weighted by Gasteiger charge is -2.12. The molecular weight excluding hydrogens is 332 g/mol. The fourth-order valence-electron chi connectivity index (χ4n) is 2.56. The van der Waals surface area contributed by atoms with Crippen LogP contribution in [0.5, 0.6) is 0 Å². The zero-order valence-corrected chi connectivity index (χ0v) is 14.1.